The number of hydrogen-bond acceptors (Lipinski definition) is 4. The van der Waals surface area contributed by atoms with Gasteiger partial charge in [-0.05, 0) is 18.2 Å². The molecule has 3 rings (SSSR count). The summed E-state index contributed by atoms with van der Waals surface area (Å²) in [5.41, 5.74) is 1.95. The van der Waals surface area contributed by atoms with Crippen molar-refractivity contribution in [3.8, 4) is 11.4 Å². The summed E-state index contributed by atoms with van der Waals surface area (Å²) in [6, 6.07) is 6.92. The van der Waals surface area contributed by atoms with Gasteiger partial charge in [-0.15, -0.1) is 0 Å². The molecule has 1 amide bonds. The third-order valence-electron chi connectivity index (χ3n) is 3.26. The molecule has 0 aliphatic carbocycles. The van der Waals surface area contributed by atoms with E-state index in [0.717, 1.165) is 4.68 Å². The standard InChI is InChI=1S/C15H14F2N6O/c16-13(17)9-23-6-4-10(22-23)7-19-15(24)11-8-20-21-14(11)12-3-1-2-5-18-12/h1-6,8,13H,7,9H2,(H,19,24)(H,20,21). The Morgan fingerprint density at radius 2 is 2.21 bits per heavy atom. The monoisotopic (exact) mass is 332 g/mol. The highest BCUT2D eigenvalue weighted by Gasteiger charge is 2.16. The lowest BCUT2D eigenvalue weighted by molar-refractivity contribution is 0.0950. The van der Waals surface area contributed by atoms with Crippen LogP contribution in [0.1, 0.15) is 16.1 Å². The number of rotatable bonds is 6. The molecule has 0 saturated heterocycles. The van der Waals surface area contributed by atoms with E-state index in [9.17, 15) is 13.6 Å². The fourth-order valence-corrected chi connectivity index (χ4v) is 2.17. The van der Waals surface area contributed by atoms with Gasteiger partial charge in [-0.3, -0.25) is 19.6 Å². The molecule has 0 saturated carbocycles. The second-order valence-electron chi connectivity index (χ2n) is 4.98. The highest BCUT2D eigenvalue weighted by Crippen LogP contribution is 2.18. The van der Waals surface area contributed by atoms with Crippen molar-refractivity contribution in [2.75, 3.05) is 0 Å². The maximum absolute atomic E-state index is 12.3. The molecular weight excluding hydrogens is 318 g/mol. The van der Waals surface area contributed by atoms with Gasteiger partial charge in [0.05, 0.1) is 35.4 Å². The van der Waals surface area contributed by atoms with Crippen LogP contribution in [0.25, 0.3) is 11.4 Å². The number of carbonyl (C=O) groups excluding carboxylic acids is 1. The number of aromatic nitrogens is 5. The van der Waals surface area contributed by atoms with E-state index < -0.39 is 13.0 Å². The van der Waals surface area contributed by atoms with Crippen LogP contribution in [0.2, 0.25) is 0 Å². The average molecular weight is 332 g/mol. The first-order valence-electron chi connectivity index (χ1n) is 7.17. The maximum atomic E-state index is 12.3. The number of nitrogens with zero attached hydrogens (tertiary/aromatic N) is 4. The zero-order chi connectivity index (χ0) is 16.9. The lowest BCUT2D eigenvalue weighted by atomic mass is 10.1. The smallest absolute Gasteiger partial charge is 0.257 e. The highest BCUT2D eigenvalue weighted by atomic mass is 19.3. The molecule has 0 radical (unpaired) electrons. The van der Waals surface area contributed by atoms with Crippen molar-refractivity contribution in [1.29, 1.82) is 0 Å². The molecule has 9 heteroatoms. The van der Waals surface area contributed by atoms with Crippen molar-refractivity contribution in [2.24, 2.45) is 0 Å². The van der Waals surface area contributed by atoms with Crippen LogP contribution in [0.4, 0.5) is 8.78 Å². The third kappa shape index (κ3) is 3.62. The first-order chi connectivity index (χ1) is 11.6. The molecule has 0 aliphatic heterocycles. The summed E-state index contributed by atoms with van der Waals surface area (Å²) in [7, 11) is 0. The number of alkyl halides is 2. The molecule has 2 N–H and O–H groups in total. The molecule has 0 unspecified atom stereocenters. The lowest BCUT2D eigenvalue weighted by Gasteiger charge is -2.04. The fourth-order valence-electron chi connectivity index (χ4n) is 2.17. The average Bonchev–Trinajstić information content (AvgIpc) is 3.22. The quantitative estimate of drug-likeness (QED) is 0.721. The zero-order valence-corrected chi connectivity index (χ0v) is 12.5. The number of halogens is 2. The largest absolute Gasteiger partial charge is 0.346 e. The van der Waals surface area contributed by atoms with Crippen LogP contribution in [0.15, 0.2) is 42.9 Å². The normalized spacial score (nSPS) is 11.0. The van der Waals surface area contributed by atoms with Gasteiger partial charge in [-0.25, -0.2) is 8.78 Å². The SMILES string of the molecule is O=C(NCc1ccn(CC(F)F)n1)c1cn[nH]c1-c1ccccn1. The van der Waals surface area contributed by atoms with Gasteiger partial charge in [0.25, 0.3) is 12.3 Å². The van der Waals surface area contributed by atoms with E-state index in [-0.39, 0.29) is 12.5 Å². The van der Waals surface area contributed by atoms with E-state index >= 15 is 0 Å². The van der Waals surface area contributed by atoms with Gasteiger partial charge in [0.1, 0.15) is 6.54 Å². The number of amides is 1. The molecule has 0 fully saturated rings. The minimum Gasteiger partial charge on any atom is -0.346 e. The Morgan fingerprint density at radius 1 is 1.33 bits per heavy atom. The van der Waals surface area contributed by atoms with Crippen LogP contribution in [0, 0.1) is 0 Å². The van der Waals surface area contributed by atoms with Crippen molar-refractivity contribution in [3.05, 3.63) is 54.1 Å². The van der Waals surface area contributed by atoms with Gasteiger partial charge in [0, 0.05) is 12.4 Å². The van der Waals surface area contributed by atoms with E-state index in [1.165, 1.54) is 12.4 Å². The number of pyridine rings is 1. The Bertz CT molecular complexity index is 814. The van der Waals surface area contributed by atoms with Crippen LogP contribution in [-0.2, 0) is 13.1 Å². The summed E-state index contributed by atoms with van der Waals surface area (Å²) in [5, 5.41) is 13.3. The van der Waals surface area contributed by atoms with Gasteiger partial charge in [-0.2, -0.15) is 10.2 Å². The van der Waals surface area contributed by atoms with Crippen molar-refractivity contribution in [2.45, 2.75) is 19.5 Å². The first kappa shape index (κ1) is 15.8. The molecule has 0 spiro atoms. The van der Waals surface area contributed by atoms with E-state index in [1.54, 1.807) is 30.5 Å². The first-order valence-corrected chi connectivity index (χ1v) is 7.17. The van der Waals surface area contributed by atoms with Gasteiger partial charge >= 0.3 is 0 Å². The van der Waals surface area contributed by atoms with Crippen molar-refractivity contribution in [1.82, 2.24) is 30.3 Å². The number of hydrogen-bond donors (Lipinski definition) is 2. The predicted octanol–water partition coefficient (Wildman–Crippen LogP) is 1.86. The summed E-state index contributed by atoms with van der Waals surface area (Å²) in [6.07, 6.45) is 2.01. The van der Waals surface area contributed by atoms with E-state index in [0.29, 0.717) is 22.6 Å². The van der Waals surface area contributed by atoms with Crippen molar-refractivity contribution >= 4 is 5.91 Å². The molecule has 3 aromatic heterocycles. The molecule has 3 heterocycles. The number of nitrogens with one attached hydrogen (secondary N) is 2. The van der Waals surface area contributed by atoms with Gasteiger partial charge in [0.15, 0.2) is 0 Å². The van der Waals surface area contributed by atoms with Gasteiger partial charge < -0.3 is 5.32 Å². The van der Waals surface area contributed by atoms with Crippen molar-refractivity contribution in [3.63, 3.8) is 0 Å². The molecule has 24 heavy (non-hydrogen) atoms. The Balaban J connectivity index is 1.66. The van der Waals surface area contributed by atoms with Crippen LogP contribution < -0.4 is 5.32 Å². The lowest BCUT2D eigenvalue weighted by Crippen LogP contribution is -2.23. The number of carbonyl (C=O) groups is 1. The Morgan fingerprint density at radius 3 is 2.96 bits per heavy atom. The number of H-pyrrole nitrogens is 1. The summed E-state index contributed by atoms with van der Waals surface area (Å²) in [5.74, 6) is -0.354. The van der Waals surface area contributed by atoms with Crippen LogP contribution in [-0.4, -0.2) is 37.3 Å². The van der Waals surface area contributed by atoms with Crippen LogP contribution in [0.3, 0.4) is 0 Å². The van der Waals surface area contributed by atoms with Gasteiger partial charge in [0.2, 0.25) is 0 Å². The highest BCUT2D eigenvalue weighted by molar-refractivity contribution is 5.99. The fraction of sp³-hybridized carbons (Fsp3) is 0.200. The number of aromatic amines is 1. The zero-order valence-electron chi connectivity index (χ0n) is 12.5. The van der Waals surface area contributed by atoms with E-state index in [4.69, 9.17) is 0 Å². The maximum Gasteiger partial charge on any atom is 0.257 e. The molecule has 7 nitrogen and oxygen atoms in total. The molecule has 0 bridgehead atoms. The topological polar surface area (TPSA) is 88.5 Å². The minimum absolute atomic E-state index is 0.127. The summed E-state index contributed by atoms with van der Waals surface area (Å²) >= 11 is 0. The summed E-state index contributed by atoms with van der Waals surface area (Å²) < 4.78 is 25.7. The molecule has 0 aromatic carbocycles. The summed E-state index contributed by atoms with van der Waals surface area (Å²) in [4.78, 5) is 16.5. The molecule has 124 valence electrons. The van der Waals surface area contributed by atoms with Crippen LogP contribution >= 0.6 is 0 Å². The summed E-state index contributed by atoms with van der Waals surface area (Å²) in [6.45, 7) is -0.346. The Kier molecular flexibility index (Phi) is 4.59. The molecule has 0 aliphatic rings. The second-order valence-corrected chi connectivity index (χ2v) is 4.98. The predicted molar refractivity (Wildman–Crippen MR) is 81.2 cm³/mol. The Hall–Kier alpha value is -3.10. The molecular formula is C15H14F2N6O. The van der Waals surface area contributed by atoms with Crippen molar-refractivity contribution < 1.29 is 13.6 Å². The van der Waals surface area contributed by atoms with Crippen LogP contribution in [0.5, 0.6) is 0 Å². The second kappa shape index (κ2) is 6.99. The van der Waals surface area contributed by atoms with E-state index in [2.05, 4.69) is 25.6 Å². The third-order valence-corrected chi connectivity index (χ3v) is 3.26. The minimum atomic E-state index is -2.47. The van der Waals surface area contributed by atoms with Gasteiger partial charge in [-0.1, -0.05) is 6.07 Å². The molecule has 0 atom stereocenters. The Labute approximate surface area is 135 Å². The van der Waals surface area contributed by atoms with E-state index in [1.807, 2.05) is 0 Å². The molecule has 3 aromatic rings.